The van der Waals surface area contributed by atoms with Gasteiger partial charge in [0.15, 0.2) is 0 Å². The Bertz CT molecular complexity index is 1180. The number of carbonyl (C=O) groups is 1. The van der Waals surface area contributed by atoms with Gasteiger partial charge in [-0.3, -0.25) is 4.79 Å². The number of aromatic nitrogens is 2. The number of piperidine rings is 1. The van der Waals surface area contributed by atoms with Crippen molar-refractivity contribution in [2.45, 2.75) is 30.3 Å². The summed E-state index contributed by atoms with van der Waals surface area (Å²) in [6.07, 6.45) is 4.50. The van der Waals surface area contributed by atoms with Crippen molar-refractivity contribution in [3.63, 3.8) is 0 Å². The first-order chi connectivity index (χ1) is 14.4. The number of methoxy groups -OCH3 is 1. The number of carboxylic acid groups (broad SMARTS) is 1. The van der Waals surface area contributed by atoms with Gasteiger partial charge in [0, 0.05) is 37.5 Å². The van der Waals surface area contributed by atoms with Crippen molar-refractivity contribution in [2.24, 2.45) is 0 Å². The highest BCUT2D eigenvalue weighted by molar-refractivity contribution is 7.89. The monoisotopic (exact) mass is 429 g/mol. The maximum absolute atomic E-state index is 13.4. The number of carboxylic acids is 1. The molecule has 0 amide bonds. The topological polar surface area (TPSA) is 101 Å². The van der Waals surface area contributed by atoms with Crippen LogP contribution in [0.5, 0.6) is 0 Å². The van der Waals surface area contributed by atoms with E-state index in [0.717, 1.165) is 0 Å². The Labute approximate surface area is 174 Å². The van der Waals surface area contributed by atoms with E-state index in [2.05, 4.69) is 5.10 Å². The van der Waals surface area contributed by atoms with E-state index in [1.807, 2.05) is 0 Å². The zero-order valence-electron chi connectivity index (χ0n) is 16.6. The molecule has 0 unspecified atom stereocenters. The van der Waals surface area contributed by atoms with Gasteiger partial charge in [-0.05, 0) is 36.6 Å². The van der Waals surface area contributed by atoms with Gasteiger partial charge in [0.2, 0.25) is 10.0 Å². The number of rotatable bonds is 6. The molecule has 1 saturated heterocycles. The maximum atomic E-state index is 13.4. The standard InChI is InChI=1S/C21H23N3O5S/c1-29-17-7-9-23(10-8-17)30(27,28)20-5-3-2-4-18(20)15-6-11-24-19(12-15)16(14-22-24)13-21(25)26/h2-6,11-12,14,17H,7-10,13H2,1H3,(H,25,26). The summed E-state index contributed by atoms with van der Waals surface area (Å²) >= 11 is 0. The van der Waals surface area contributed by atoms with Gasteiger partial charge in [-0.25, -0.2) is 12.9 Å². The zero-order chi connectivity index (χ0) is 21.3. The van der Waals surface area contributed by atoms with Crippen molar-refractivity contribution in [3.8, 4) is 11.1 Å². The number of hydrogen-bond acceptors (Lipinski definition) is 5. The van der Waals surface area contributed by atoms with Gasteiger partial charge in [0.05, 0.1) is 29.1 Å². The molecular formula is C21H23N3O5S. The lowest BCUT2D eigenvalue weighted by Crippen LogP contribution is -2.40. The fraction of sp³-hybridized carbons (Fsp3) is 0.333. The lowest BCUT2D eigenvalue weighted by molar-refractivity contribution is -0.136. The molecule has 158 valence electrons. The van der Waals surface area contributed by atoms with E-state index in [1.165, 1.54) is 10.5 Å². The van der Waals surface area contributed by atoms with E-state index in [1.54, 1.807) is 54.2 Å². The minimum absolute atomic E-state index is 0.0867. The van der Waals surface area contributed by atoms with Gasteiger partial charge in [0.1, 0.15) is 0 Å². The molecule has 1 aliphatic heterocycles. The highest BCUT2D eigenvalue weighted by Gasteiger charge is 2.31. The first-order valence-corrected chi connectivity index (χ1v) is 11.1. The molecule has 0 spiro atoms. The Morgan fingerprint density at radius 1 is 1.23 bits per heavy atom. The van der Waals surface area contributed by atoms with Crippen molar-refractivity contribution in [3.05, 3.63) is 54.4 Å². The third-order valence-corrected chi connectivity index (χ3v) is 7.45. The Morgan fingerprint density at radius 3 is 2.67 bits per heavy atom. The average molecular weight is 429 g/mol. The summed E-state index contributed by atoms with van der Waals surface area (Å²) in [6, 6.07) is 10.5. The first-order valence-electron chi connectivity index (χ1n) is 9.70. The molecule has 3 heterocycles. The molecular weight excluding hydrogens is 406 g/mol. The molecule has 0 atom stereocenters. The second-order valence-electron chi connectivity index (χ2n) is 7.32. The SMILES string of the molecule is COC1CCN(S(=O)(=O)c2ccccc2-c2ccn3ncc(CC(=O)O)c3c2)CC1. The molecule has 1 fully saturated rings. The number of aliphatic carboxylic acids is 1. The van der Waals surface area contributed by atoms with Crippen LogP contribution in [0.15, 0.2) is 53.7 Å². The second kappa shape index (κ2) is 8.17. The van der Waals surface area contributed by atoms with Crippen LogP contribution in [0, 0.1) is 0 Å². The summed E-state index contributed by atoms with van der Waals surface area (Å²) in [5.74, 6) is -0.947. The van der Waals surface area contributed by atoms with E-state index in [-0.39, 0.29) is 17.4 Å². The smallest absolute Gasteiger partial charge is 0.307 e. The molecule has 4 rings (SSSR count). The molecule has 9 heteroatoms. The number of pyridine rings is 1. The van der Waals surface area contributed by atoms with Crippen LogP contribution in [-0.2, 0) is 26.0 Å². The molecule has 0 radical (unpaired) electrons. The summed E-state index contributed by atoms with van der Waals surface area (Å²) in [7, 11) is -2.03. The normalized spacial score (nSPS) is 16.2. The third kappa shape index (κ3) is 3.83. The summed E-state index contributed by atoms with van der Waals surface area (Å²) in [4.78, 5) is 11.4. The van der Waals surface area contributed by atoms with Crippen molar-refractivity contribution in [2.75, 3.05) is 20.2 Å². The molecule has 1 N–H and O–H groups in total. The molecule has 30 heavy (non-hydrogen) atoms. The van der Waals surface area contributed by atoms with Gasteiger partial charge in [-0.1, -0.05) is 18.2 Å². The summed E-state index contributed by atoms with van der Waals surface area (Å²) in [6.45, 7) is 0.833. The van der Waals surface area contributed by atoms with Crippen LogP contribution in [0.4, 0.5) is 0 Å². The third-order valence-electron chi connectivity index (χ3n) is 5.49. The predicted molar refractivity (Wildman–Crippen MR) is 111 cm³/mol. The second-order valence-corrected chi connectivity index (χ2v) is 9.23. The van der Waals surface area contributed by atoms with Gasteiger partial charge in [-0.15, -0.1) is 0 Å². The zero-order valence-corrected chi connectivity index (χ0v) is 17.4. The van der Waals surface area contributed by atoms with Crippen molar-refractivity contribution in [1.82, 2.24) is 13.9 Å². The van der Waals surface area contributed by atoms with Crippen LogP contribution >= 0.6 is 0 Å². The Kier molecular flexibility index (Phi) is 5.59. The Hall–Kier alpha value is -2.75. The van der Waals surface area contributed by atoms with Crippen LogP contribution in [0.25, 0.3) is 16.6 Å². The summed E-state index contributed by atoms with van der Waals surface area (Å²) in [5, 5.41) is 13.3. The molecule has 1 aliphatic rings. The van der Waals surface area contributed by atoms with Crippen LogP contribution in [-0.4, -0.2) is 59.7 Å². The first kappa shape index (κ1) is 20.5. The number of fused-ring (bicyclic) bond motifs is 1. The highest BCUT2D eigenvalue weighted by atomic mass is 32.2. The number of benzene rings is 1. The quantitative estimate of drug-likeness (QED) is 0.646. The number of nitrogens with zero attached hydrogens (tertiary/aromatic N) is 3. The lowest BCUT2D eigenvalue weighted by Gasteiger charge is -2.31. The van der Waals surface area contributed by atoms with Crippen molar-refractivity contribution >= 4 is 21.5 Å². The number of sulfonamides is 1. The summed E-state index contributed by atoms with van der Waals surface area (Å²) < 4.78 is 35.2. The Morgan fingerprint density at radius 2 is 1.97 bits per heavy atom. The van der Waals surface area contributed by atoms with Gasteiger partial charge in [0.25, 0.3) is 0 Å². The van der Waals surface area contributed by atoms with Gasteiger partial charge in [-0.2, -0.15) is 9.40 Å². The number of hydrogen-bond donors (Lipinski definition) is 1. The largest absolute Gasteiger partial charge is 0.481 e. The molecule has 0 aliphatic carbocycles. The van der Waals surface area contributed by atoms with Crippen LogP contribution < -0.4 is 0 Å². The Balaban J connectivity index is 1.74. The predicted octanol–water partition coefficient (Wildman–Crippen LogP) is 2.43. The summed E-state index contributed by atoms with van der Waals surface area (Å²) in [5.41, 5.74) is 2.49. The molecule has 2 aromatic heterocycles. The van der Waals surface area contributed by atoms with E-state index in [4.69, 9.17) is 9.84 Å². The maximum Gasteiger partial charge on any atom is 0.307 e. The molecule has 0 bridgehead atoms. The molecule has 8 nitrogen and oxygen atoms in total. The van der Waals surface area contributed by atoms with E-state index in [0.29, 0.717) is 48.1 Å². The fourth-order valence-electron chi connectivity index (χ4n) is 3.88. The molecule has 0 saturated carbocycles. The minimum Gasteiger partial charge on any atom is -0.481 e. The minimum atomic E-state index is -3.68. The fourth-order valence-corrected chi connectivity index (χ4v) is 5.56. The van der Waals surface area contributed by atoms with Crippen LogP contribution in [0.3, 0.4) is 0 Å². The van der Waals surface area contributed by atoms with E-state index >= 15 is 0 Å². The van der Waals surface area contributed by atoms with Crippen molar-refractivity contribution < 1.29 is 23.1 Å². The van der Waals surface area contributed by atoms with Gasteiger partial charge >= 0.3 is 5.97 Å². The molecule has 1 aromatic carbocycles. The lowest BCUT2D eigenvalue weighted by atomic mass is 10.1. The van der Waals surface area contributed by atoms with Crippen LogP contribution in [0.2, 0.25) is 0 Å². The average Bonchev–Trinajstić information content (AvgIpc) is 3.15. The van der Waals surface area contributed by atoms with Crippen molar-refractivity contribution in [1.29, 1.82) is 0 Å². The van der Waals surface area contributed by atoms with Gasteiger partial charge < -0.3 is 9.84 Å². The van der Waals surface area contributed by atoms with E-state index in [9.17, 15) is 13.2 Å². The number of ether oxygens (including phenoxy) is 1. The van der Waals surface area contributed by atoms with E-state index < -0.39 is 16.0 Å². The highest BCUT2D eigenvalue weighted by Crippen LogP contribution is 2.32. The molecule has 3 aromatic rings. The van der Waals surface area contributed by atoms with Crippen LogP contribution in [0.1, 0.15) is 18.4 Å².